The molecule has 42 heavy (non-hydrogen) atoms. The molecule has 0 radical (unpaired) electrons. The van der Waals surface area contributed by atoms with Crippen LogP contribution in [0.1, 0.15) is 63.4 Å². The van der Waals surface area contributed by atoms with Crippen molar-refractivity contribution in [1.82, 2.24) is 14.2 Å². The molecule has 3 aliphatic rings. The molecule has 0 unspecified atom stereocenters. The summed E-state index contributed by atoms with van der Waals surface area (Å²) in [5.74, 6) is 0.984. The summed E-state index contributed by atoms with van der Waals surface area (Å²) in [5, 5.41) is 15.2. The van der Waals surface area contributed by atoms with Crippen LogP contribution in [-0.2, 0) is 16.1 Å². The molecule has 1 aromatic carbocycles. The van der Waals surface area contributed by atoms with Crippen molar-refractivity contribution in [1.29, 1.82) is 0 Å². The van der Waals surface area contributed by atoms with Gasteiger partial charge in [0.1, 0.15) is 11.4 Å². The molecule has 1 saturated carbocycles. The van der Waals surface area contributed by atoms with Crippen LogP contribution in [0, 0.1) is 11.8 Å². The van der Waals surface area contributed by atoms with Gasteiger partial charge in [0.2, 0.25) is 0 Å². The number of ether oxygens (including phenoxy) is 1. The minimum atomic E-state index is -4.09. The third kappa shape index (κ3) is 7.78. The number of piperidine rings is 1. The van der Waals surface area contributed by atoms with E-state index in [4.69, 9.17) is 14.8 Å². The highest BCUT2D eigenvalue weighted by Gasteiger charge is 2.47. The average Bonchev–Trinajstić information content (AvgIpc) is 3.54. The van der Waals surface area contributed by atoms with Gasteiger partial charge in [-0.1, -0.05) is 24.1 Å². The van der Waals surface area contributed by atoms with Gasteiger partial charge in [-0.25, -0.2) is 4.31 Å². The van der Waals surface area contributed by atoms with Gasteiger partial charge in [0, 0.05) is 62.3 Å². The van der Waals surface area contributed by atoms with E-state index in [1.54, 1.807) is 11.9 Å². The van der Waals surface area contributed by atoms with Gasteiger partial charge in [-0.15, -0.1) is 0 Å². The zero-order chi connectivity index (χ0) is 29.6. The van der Waals surface area contributed by atoms with Crippen LogP contribution < -0.4 is 5.32 Å². The molecule has 1 aliphatic carbocycles. The van der Waals surface area contributed by atoms with Crippen LogP contribution in [0.3, 0.4) is 0 Å². The number of rotatable bonds is 12. The number of nitrogens with zero attached hydrogens (tertiary/aromatic N) is 3. The number of amidine groups is 1. The van der Waals surface area contributed by atoms with E-state index >= 15 is 0 Å². The molecule has 11 heteroatoms. The summed E-state index contributed by atoms with van der Waals surface area (Å²) >= 11 is 1.65. The maximum Gasteiger partial charge on any atom is 0.389 e. The van der Waals surface area contributed by atoms with Crippen molar-refractivity contribution in [3.05, 3.63) is 41.4 Å². The van der Waals surface area contributed by atoms with Gasteiger partial charge in [-0.3, -0.25) is 9.79 Å². The van der Waals surface area contributed by atoms with Crippen LogP contribution in [0.2, 0.25) is 0 Å². The van der Waals surface area contributed by atoms with E-state index in [2.05, 4.69) is 56.1 Å². The molecular formula is C31H41F3N4O3S. The third-order valence-electron chi connectivity index (χ3n) is 8.85. The Morgan fingerprint density at radius 1 is 1.14 bits per heavy atom. The molecule has 3 heterocycles. The summed E-state index contributed by atoms with van der Waals surface area (Å²) in [6, 6.07) is 8.40. The standard InChI is InChI=1S/C31H41F3N4O3S/c32-31(33,34)12-9-23-5-7-25(8-6-23)28-35-29(40)30(36-28)13-16-38(17-14-30)42-22-11-24-3-1-4-27-26(24)10-15-37(27)18-21-41-20-2-19-39/h1,3-4,10-11,15,22-23,25,39H,2,5-9,12-14,16-21H2,(H,35,36,40)/b22-11+. The number of aliphatic hydroxyl groups excluding tert-OH is 1. The highest BCUT2D eigenvalue weighted by molar-refractivity contribution is 8.00. The number of fused-ring (bicyclic) bond motifs is 1. The van der Waals surface area contributed by atoms with E-state index in [9.17, 15) is 18.0 Å². The molecule has 1 amide bonds. The number of aliphatic hydroxyl groups is 1. The molecule has 2 aliphatic heterocycles. The van der Waals surface area contributed by atoms with E-state index in [0.717, 1.165) is 62.2 Å². The zero-order valence-electron chi connectivity index (χ0n) is 24.0. The summed E-state index contributed by atoms with van der Waals surface area (Å²) in [4.78, 5) is 17.9. The molecule has 0 bridgehead atoms. The summed E-state index contributed by atoms with van der Waals surface area (Å²) in [5.41, 5.74) is 1.59. The second-order valence-corrected chi connectivity index (χ2v) is 12.7. The molecule has 1 spiro atoms. The number of nitrogens with one attached hydrogen (secondary N) is 1. The lowest BCUT2D eigenvalue weighted by molar-refractivity contribution is -0.138. The first-order valence-corrected chi connectivity index (χ1v) is 15.9. The van der Waals surface area contributed by atoms with Gasteiger partial charge >= 0.3 is 6.18 Å². The summed E-state index contributed by atoms with van der Waals surface area (Å²) in [6.07, 6.45) is 4.68. The van der Waals surface area contributed by atoms with Gasteiger partial charge < -0.3 is 19.7 Å². The van der Waals surface area contributed by atoms with Crippen LogP contribution in [0.25, 0.3) is 17.0 Å². The monoisotopic (exact) mass is 606 g/mol. The van der Waals surface area contributed by atoms with Gasteiger partial charge in [0.25, 0.3) is 5.91 Å². The maximum absolute atomic E-state index is 13.0. The Balaban J connectivity index is 1.10. The molecule has 1 aromatic heterocycles. The highest BCUT2D eigenvalue weighted by atomic mass is 32.2. The molecule has 2 N–H and O–H groups in total. The Bertz CT molecular complexity index is 1260. The van der Waals surface area contributed by atoms with E-state index < -0.39 is 18.1 Å². The fourth-order valence-corrected chi connectivity index (χ4v) is 7.11. The lowest BCUT2D eigenvalue weighted by Gasteiger charge is -2.34. The van der Waals surface area contributed by atoms with Crippen molar-refractivity contribution in [3.8, 4) is 0 Å². The molecule has 2 fully saturated rings. The Labute approximate surface area is 249 Å². The van der Waals surface area contributed by atoms with Crippen LogP contribution in [0.5, 0.6) is 0 Å². The van der Waals surface area contributed by atoms with E-state index in [1.165, 1.54) is 5.39 Å². The first-order chi connectivity index (χ1) is 20.3. The average molecular weight is 607 g/mol. The number of amides is 1. The zero-order valence-corrected chi connectivity index (χ0v) is 24.8. The Morgan fingerprint density at radius 2 is 1.93 bits per heavy atom. The fourth-order valence-electron chi connectivity index (χ4n) is 6.34. The van der Waals surface area contributed by atoms with Crippen molar-refractivity contribution in [2.75, 3.05) is 32.9 Å². The van der Waals surface area contributed by atoms with Crippen LogP contribution in [0.4, 0.5) is 13.2 Å². The van der Waals surface area contributed by atoms with Gasteiger partial charge in [-0.05, 0) is 86.5 Å². The van der Waals surface area contributed by atoms with E-state index in [-0.39, 0.29) is 30.8 Å². The van der Waals surface area contributed by atoms with Crippen molar-refractivity contribution in [2.24, 2.45) is 16.8 Å². The number of halogens is 3. The molecule has 5 rings (SSSR count). The first-order valence-electron chi connectivity index (χ1n) is 15.1. The SMILES string of the molecule is O=C1NC(C2CCC(CCC(F)(F)F)CC2)=NC12CCN(S/C=C/c1cccc3c1ccn3CCOCCCO)CC2. The smallest absolute Gasteiger partial charge is 0.389 e. The summed E-state index contributed by atoms with van der Waals surface area (Å²) in [6.45, 7) is 3.57. The lowest BCUT2D eigenvalue weighted by atomic mass is 9.79. The number of alkyl halides is 3. The fraction of sp³-hybridized carbons (Fsp3) is 0.613. The third-order valence-corrected chi connectivity index (χ3v) is 9.77. The second-order valence-electron chi connectivity index (χ2n) is 11.7. The number of aliphatic imine (C=N–C) groups is 1. The molecular weight excluding hydrogens is 565 g/mol. The topological polar surface area (TPSA) is 79.1 Å². The minimum absolute atomic E-state index is 0.0214. The van der Waals surface area contributed by atoms with Crippen LogP contribution in [-0.4, -0.2) is 70.3 Å². The van der Waals surface area contributed by atoms with Crippen molar-refractivity contribution in [3.63, 3.8) is 0 Å². The number of hydrogen-bond acceptors (Lipinski definition) is 6. The first kappa shape index (κ1) is 31.1. The second kappa shape index (κ2) is 14.0. The molecule has 1 saturated heterocycles. The normalized spacial score (nSPS) is 23.2. The Kier molecular flexibility index (Phi) is 10.3. The molecule has 230 valence electrons. The van der Waals surface area contributed by atoms with Crippen LogP contribution >= 0.6 is 11.9 Å². The Hall–Kier alpha value is -2.34. The van der Waals surface area contributed by atoms with Crippen molar-refractivity contribution < 1.29 is 27.8 Å². The summed E-state index contributed by atoms with van der Waals surface area (Å²) in [7, 11) is 0. The predicted molar refractivity (Wildman–Crippen MR) is 161 cm³/mol. The number of carbonyl (C=O) groups is 1. The minimum Gasteiger partial charge on any atom is -0.396 e. The number of hydrogen-bond donors (Lipinski definition) is 2. The quantitative estimate of drug-likeness (QED) is 0.223. The summed E-state index contributed by atoms with van der Waals surface area (Å²) < 4.78 is 47.8. The maximum atomic E-state index is 13.0. The van der Waals surface area contributed by atoms with Gasteiger partial charge in [0.15, 0.2) is 0 Å². The van der Waals surface area contributed by atoms with E-state index in [0.29, 0.717) is 32.5 Å². The van der Waals surface area contributed by atoms with Gasteiger partial charge in [0.05, 0.1) is 6.61 Å². The molecule has 0 atom stereocenters. The molecule has 2 aromatic rings. The highest BCUT2D eigenvalue weighted by Crippen LogP contribution is 2.38. The van der Waals surface area contributed by atoms with Crippen molar-refractivity contribution in [2.45, 2.75) is 76.0 Å². The van der Waals surface area contributed by atoms with E-state index in [1.807, 2.05) is 0 Å². The Morgan fingerprint density at radius 3 is 2.67 bits per heavy atom. The van der Waals surface area contributed by atoms with Gasteiger partial charge in [-0.2, -0.15) is 13.2 Å². The largest absolute Gasteiger partial charge is 0.396 e. The number of aromatic nitrogens is 1. The van der Waals surface area contributed by atoms with Crippen LogP contribution in [0.15, 0.2) is 40.9 Å². The number of carbonyl (C=O) groups excluding carboxylic acids is 1. The van der Waals surface area contributed by atoms with Crippen molar-refractivity contribution >= 4 is 40.7 Å². The number of benzene rings is 1. The lowest BCUT2D eigenvalue weighted by Crippen LogP contribution is -2.47. The predicted octanol–water partition coefficient (Wildman–Crippen LogP) is 6.17. The molecule has 7 nitrogen and oxygen atoms in total.